The molecular weight excluding hydrogens is 164 g/mol. The van der Waals surface area contributed by atoms with E-state index in [1.807, 2.05) is 20.8 Å². The van der Waals surface area contributed by atoms with Crippen molar-refractivity contribution in [2.75, 3.05) is 20.1 Å². The van der Waals surface area contributed by atoms with Crippen LogP contribution in [-0.4, -0.2) is 36.5 Å². The second-order valence-electron chi connectivity index (χ2n) is 3.52. The Labute approximate surface area is 80.5 Å². The lowest BCUT2D eigenvalue weighted by atomic mass is 10.0. The van der Waals surface area contributed by atoms with E-state index in [2.05, 4.69) is 11.2 Å². The first-order valence-electron chi connectivity index (χ1n) is 4.39. The third-order valence-corrected chi connectivity index (χ3v) is 1.83. The Kier molecular flexibility index (Phi) is 4.50. The number of hydrogen-bond acceptors (Lipinski definition) is 2. The molecule has 1 amide bonds. The molecule has 1 N–H and O–H groups in total. The fraction of sp³-hybridized carbons (Fsp3) is 0.700. The quantitative estimate of drug-likeness (QED) is 0.641. The predicted octanol–water partition coefficient (Wildman–Crippen LogP) is 0.466. The topological polar surface area (TPSA) is 32.3 Å². The molecule has 0 aliphatic carbocycles. The fourth-order valence-corrected chi connectivity index (χ4v) is 1.20. The van der Waals surface area contributed by atoms with E-state index in [0.717, 1.165) is 6.54 Å². The predicted molar refractivity (Wildman–Crippen MR) is 54.2 cm³/mol. The van der Waals surface area contributed by atoms with Gasteiger partial charge in [-0.05, 0) is 20.4 Å². The first-order chi connectivity index (χ1) is 5.95. The van der Waals surface area contributed by atoms with Crippen molar-refractivity contribution in [2.24, 2.45) is 0 Å². The Hall–Kier alpha value is -1.01. The van der Waals surface area contributed by atoms with Crippen molar-refractivity contribution in [1.29, 1.82) is 0 Å². The zero-order chi connectivity index (χ0) is 10.5. The number of amides is 1. The highest BCUT2D eigenvalue weighted by molar-refractivity contribution is 5.85. The average Bonchev–Trinajstić information content (AvgIpc) is 2.03. The third kappa shape index (κ3) is 3.47. The summed E-state index contributed by atoms with van der Waals surface area (Å²) < 4.78 is 0. The van der Waals surface area contributed by atoms with Gasteiger partial charge in [-0.25, -0.2) is 0 Å². The van der Waals surface area contributed by atoms with Gasteiger partial charge in [0, 0.05) is 7.05 Å². The molecule has 0 aromatic heterocycles. The van der Waals surface area contributed by atoms with Crippen LogP contribution >= 0.6 is 0 Å². The van der Waals surface area contributed by atoms with E-state index in [0.29, 0.717) is 6.54 Å². The standard InChI is InChI=1S/C10H18N2O/c1-6-8-12(5)9(13)10(3,4)11-7-2/h1,11H,7-8H2,2-5H3. The van der Waals surface area contributed by atoms with Gasteiger partial charge in [-0.1, -0.05) is 12.8 Å². The molecule has 0 rings (SSSR count). The van der Waals surface area contributed by atoms with Crippen molar-refractivity contribution >= 4 is 5.91 Å². The summed E-state index contributed by atoms with van der Waals surface area (Å²) in [6.45, 7) is 6.80. The van der Waals surface area contributed by atoms with Crippen LogP contribution in [0.5, 0.6) is 0 Å². The lowest BCUT2D eigenvalue weighted by Crippen LogP contribution is -2.53. The van der Waals surface area contributed by atoms with Gasteiger partial charge in [-0.2, -0.15) is 0 Å². The van der Waals surface area contributed by atoms with Crippen molar-refractivity contribution in [1.82, 2.24) is 10.2 Å². The van der Waals surface area contributed by atoms with Gasteiger partial charge in [0.15, 0.2) is 0 Å². The maximum absolute atomic E-state index is 11.7. The van der Waals surface area contributed by atoms with E-state index in [-0.39, 0.29) is 5.91 Å². The van der Waals surface area contributed by atoms with E-state index in [1.54, 1.807) is 11.9 Å². The van der Waals surface area contributed by atoms with E-state index in [1.165, 1.54) is 0 Å². The van der Waals surface area contributed by atoms with Gasteiger partial charge in [-0.3, -0.25) is 4.79 Å². The molecule has 3 nitrogen and oxygen atoms in total. The van der Waals surface area contributed by atoms with Crippen LogP contribution < -0.4 is 5.32 Å². The summed E-state index contributed by atoms with van der Waals surface area (Å²) in [4.78, 5) is 13.3. The number of carbonyl (C=O) groups is 1. The summed E-state index contributed by atoms with van der Waals surface area (Å²) in [6.07, 6.45) is 5.12. The van der Waals surface area contributed by atoms with E-state index in [4.69, 9.17) is 6.42 Å². The Morgan fingerprint density at radius 2 is 2.15 bits per heavy atom. The van der Waals surface area contributed by atoms with Crippen LogP contribution in [0.1, 0.15) is 20.8 Å². The molecule has 0 unspecified atom stereocenters. The SMILES string of the molecule is C#CCN(C)C(=O)C(C)(C)NCC. The molecular formula is C10H18N2O. The first-order valence-corrected chi connectivity index (χ1v) is 4.39. The highest BCUT2D eigenvalue weighted by atomic mass is 16.2. The second-order valence-corrected chi connectivity index (χ2v) is 3.52. The zero-order valence-corrected chi connectivity index (χ0v) is 8.85. The largest absolute Gasteiger partial charge is 0.333 e. The molecule has 0 aliphatic rings. The number of hydrogen-bond donors (Lipinski definition) is 1. The smallest absolute Gasteiger partial charge is 0.242 e. The Bertz CT molecular complexity index is 215. The Morgan fingerprint density at radius 3 is 2.54 bits per heavy atom. The molecule has 0 saturated carbocycles. The minimum Gasteiger partial charge on any atom is -0.333 e. The normalized spacial score (nSPS) is 10.7. The van der Waals surface area contributed by atoms with Crippen molar-refractivity contribution in [3.8, 4) is 12.3 Å². The second kappa shape index (κ2) is 4.88. The van der Waals surface area contributed by atoms with Crippen LogP contribution in [0.4, 0.5) is 0 Å². The lowest BCUT2D eigenvalue weighted by molar-refractivity contribution is -0.135. The minimum absolute atomic E-state index is 0.0206. The highest BCUT2D eigenvalue weighted by Crippen LogP contribution is 2.05. The van der Waals surface area contributed by atoms with Crippen LogP contribution in [0.3, 0.4) is 0 Å². The first kappa shape index (κ1) is 12.0. The summed E-state index contributed by atoms with van der Waals surface area (Å²) >= 11 is 0. The molecule has 0 aliphatic heterocycles. The zero-order valence-electron chi connectivity index (χ0n) is 8.85. The molecule has 0 spiro atoms. The monoisotopic (exact) mass is 182 g/mol. The summed E-state index contributed by atoms with van der Waals surface area (Å²) in [6, 6.07) is 0. The molecule has 0 aromatic rings. The van der Waals surface area contributed by atoms with Crippen molar-refractivity contribution < 1.29 is 4.79 Å². The summed E-state index contributed by atoms with van der Waals surface area (Å²) in [5.74, 6) is 2.46. The molecule has 0 radical (unpaired) electrons. The number of carbonyl (C=O) groups excluding carboxylic acids is 1. The molecule has 3 heteroatoms. The van der Waals surface area contributed by atoms with Crippen molar-refractivity contribution in [2.45, 2.75) is 26.3 Å². The molecule has 0 atom stereocenters. The lowest BCUT2D eigenvalue weighted by Gasteiger charge is -2.28. The van der Waals surface area contributed by atoms with Crippen LogP contribution in [0.25, 0.3) is 0 Å². The van der Waals surface area contributed by atoms with E-state index < -0.39 is 5.54 Å². The van der Waals surface area contributed by atoms with Gasteiger partial charge >= 0.3 is 0 Å². The maximum atomic E-state index is 11.7. The number of terminal acetylenes is 1. The third-order valence-electron chi connectivity index (χ3n) is 1.83. The summed E-state index contributed by atoms with van der Waals surface area (Å²) in [5, 5.41) is 3.10. The molecule has 0 fully saturated rings. The molecule has 0 aromatic carbocycles. The molecule has 0 heterocycles. The van der Waals surface area contributed by atoms with Gasteiger partial charge in [0.25, 0.3) is 0 Å². The summed E-state index contributed by atoms with van der Waals surface area (Å²) in [5.41, 5.74) is -0.527. The number of likely N-dealkylation sites (N-methyl/N-ethyl adjacent to an activating group) is 2. The average molecular weight is 182 g/mol. The minimum atomic E-state index is -0.527. The van der Waals surface area contributed by atoms with Gasteiger partial charge in [0.05, 0.1) is 12.1 Å². The molecule has 0 bridgehead atoms. The van der Waals surface area contributed by atoms with Crippen LogP contribution in [-0.2, 0) is 4.79 Å². The molecule has 0 saturated heterocycles. The Balaban J connectivity index is 4.32. The maximum Gasteiger partial charge on any atom is 0.242 e. The molecule has 74 valence electrons. The van der Waals surface area contributed by atoms with Crippen molar-refractivity contribution in [3.05, 3.63) is 0 Å². The number of nitrogens with one attached hydrogen (secondary N) is 1. The summed E-state index contributed by atoms with van der Waals surface area (Å²) in [7, 11) is 1.71. The van der Waals surface area contributed by atoms with Crippen LogP contribution in [0.2, 0.25) is 0 Å². The van der Waals surface area contributed by atoms with E-state index >= 15 is 0 Å². The van der Waals surface area contributed by atoms with Gasteiger partial charge < -0.3 is 10.2 Å². The van der Waals surface area contributed by atoms with E-state index in [9.17, 15) is 4.79 Å². The van der Waals surface area contributed by atoms with Gasteiger partial charge in [0.2, 0.25) is 5.91 Å². The fourth-order valence-electron chi connectivity index (χ4n) is 1.20. The van der Waals surface area contributed by atoms with Crippen molar-refractivity contribution in [3.63, 3.8) is 0 Å². The highest BCUT2D eigenvalue weighted by Gasteiger charge is 2.28. The van der Waals surface area contributed by atoms with Crippen LogP contribution in [0, 0.1) is 12.3 Å². The Morgan fingerprint density at radius 1 is 1.62 bits per heavy atom. The number of rotatable bonds is 4. The molecule has 13 heavy (non-hydrogen) atoms. The van der Waals surface area contributed by atoms with Crippen LogP contribution in [0.15, 0.2) is 0 Å². The van der Waals surface area contributed by atoms with Gasteiger partial charge in [-0.15, -0.1) is 6.42 Å². The van der Waals surface area contributed by atoms with Gasteiger partial charge in [0.1, 0.15) is 0 Å². The number of nitrogens with zero attached hydrogens (tertiary/aromatic N) is 1.